The summed E-state index contributed by atoms with van der Waals surface area (Å²) in [6.45, 7) is 0. The van der Waals surface area contributed by atoms with Crippen LogP contribution in [0.4, 0.5) is 19.2 Å². The summed E-state index contributed by atoms with van der Waals surface area (Å²) in [6, 6.07) is 18.6. The normalized spacial score (nSPS) is 9.04. The van der Waals surface area contributed by atoms with Crippen molar-refractivity contribution in [3.8, 4) is 0 Å². The molecule has 2 aromatic rings. The van der Waals surface area contributed by atoms with E-state index in [0.29, 0.717) is 0 Å². The predicted molar refractivity (Wildman–Crippen MR) is 86.4 cm³/mol. The molecule has 10 nitrogen and oxygen atoms in total. The van der Waals surface area contributed by atoms with Crippen LogP contribution in [0.2, 0.25) is 0 Å². The van der Waals surface area contributed by atoms with Crippen LogP contribution in [0.5, 0.6) is 0 Å². The Balaban J connectivity index is 0.000000271. The number of carbonyl (C=O) groups is 5. The molecule has 0 unspecified atom stereocenters. The van der Waals surface area contributed by atoms with E-state index in [2.05, 4.69) is 14.2 Å². The molecule has 0 saturated heterocycles. The maximum atomic E-state index is 11.8. The number of ketones is 1. The molecule has 0 fully saturated rings. The number of ether oxygens (including phenoxy) is 3. The second-order valence-electron chi connectivity index (χ2n) is 4.40. The minimum atomic E-state index is -2.01. The van der Waals surface area contributed by atoms with Crippen molar-refractivity contribution in [2.45, 2.75) is 0 Å². The topological polar surface area (TPSA) is 154 Å². The third-order valence-corrected chi connectivity index (χ3v) is 2.58. The Morgan fingerprint density at radius 1 is 0.556 bits per heavy atom. The van der Waals surface area contributed by atoms with Crippen LogP contribution >= 0.6 is 0 Å². The largest absolute Gasteiger partial charge is 0.528 e. The van der Waals surface area contributed by atoms with Crippen LogP contribution in [-0.2, 0) is 14.2 Å². The Bertz CT molecular complexity index is 747. The summed E-state index contributed by atoms with van der Waals surface area (Å²) in [5, 5.41) is 15.6. The van der Waals surface area contributed by atoms with Gasteiger partial charge in [-0.1, -0.05) is 60.7 Å². The van der Waals surface area contributed by atoms with Crippen molar-refractivity contribution in [2.75, 3.05) is 0 Å². The summed E-state index contributed by atoms with van der Waals surface area (Å²) in [6.07, 6.45) is -7.82. The highest BCUT2D eigenvalue weighted by molar-refractivity contribution is 6.08. The molecule has 2 N–H and O–H groups in total. The first kappa shape index (κ1) is 20.8. The van der Waals surface area contributed by atoms with Gasteiger partial charge < -0.3 is 24.4 Å². The molecule has 0 heterocycles. The number of carboxylic acid groups (broad SMARTS) is 2. The van der Waals surface area contributed by atoms with Gasteiger partial charge in [0.2, 0.25) is 0 Å². The summed E-state index contributed by atoms with van der Waals surface area (Å²) in [5.74, 6) is 0.0752. The lowest BCUT2D eigenvalue weighted by molar-refractivity contribution is 0.0414. The third-order valence-electron chi connectivity index (χ3n) is 2.58. The SMILES string of the molecule is O=C(O)OC(=O)OC(=O)OC(=O)O.O=C(c1ccccc1)c1ccccc1. The monoisotopic (exact) mass is 376 g/mol. The van der Waals surface area contributed by atoms with Gasteiger partial charge in [-0.25, -0.2) is 19.2 Å². The van der Waals surface area contributed by atoms with Crippen molar-refractivity contribution < 1.29 is 48.4 Å². The van der Waals surface area contributed by atoms with Crippen molar-refractivity contribution >= 4 is 30.4 Å². The fourth-order valence-electron chi connectivity index (χ4n) is 1.60. The van der Waals surface area contributed by atoms with Crippen molar-refractivity contribution in [3.63, 3.8) is 0 Å². The highest BCUT2D eigenvalue weighted by atomic mass is 16.9. The molecule has 10 heteroatoms. The fraction of sp³-hybridized carbons (Fsp3) is 0. The van der Waals surface area contributed by atoms with E-state index in [4.69, 9.17) is 10.2 Å². The van der Waals surface area contributed by atoms with Gasteiger partial charge in [-0.05, 0) is 0 Å². The highest BCUT2D eigenvalue weighted by Crippen LogP contribution is 2.08. The Morgan fingerprint density at radius 3 is 1.19 bits per heavy atom. The summed E-state index contributed by atoms with van der Waals surface area (Å²) in [7, 11) is 0. The fourth-order valence-corrected chi connectivity index (χ4v) is 1.60. The van der Waals surface area contributed by atoms with E-state index in [-0.39, 0.29) is 5.78 Å². The van der Waals surface area contributed by atoms with Crippen LogP contribution in [0.3, 0.4) is 0 Å². The first-order valence-corrected chi connectivity index (χ1v) is 7.01. The van der Waals surface area contributed by atoms with E-state index in [1.165, 1.54) is 0 Å². The van der Waals surface area contributed by atoms with E-state index in [1.807, 2.05) is 60.7 Å². The molecular formula is C17H12O10. The maximum Gasteiger partial charge on any atom is 0.528 e. The standard InChI is InChI=1S/C13H10O.C4H2O9/c14-13(11-7-3-1-4-8-11)12-9-5-2-6-10-12;5-1(6)11-3(9)13-4(10)12-2(7)8/h1-10H;(H,5,6)(H,7,8). The average Bonchev–Trinajstić information content (AvgIpc) is 2.61. The lowest BCUT2D eigenvalue weighted by Crippen LogP contribution is -2.19. The van der Waals surface area contributed by atoms with Crippen molar-refractivity contribution in [3.05, 3.63) is 71.8 Å². The number of rotatable bonds is 2. The minimum absolute atomic E-state index is 0.0752. The number of hydrogen-bond acceptors (Lipinski definition) is 8. The zero-order valence-electron chi connectivity index (χ0n) is 13.4. The number of benzene rings is 2. The van der Waals surface area contributed by atoms with Gasteiger partial charge in [-0.15, -0.1) is 0 Å². The lowest BCUT2D eigenvalue weighted by atomic mass is 10.0. The van der Waals surface area contributed by atoms with Gasteiger partial charge in [-0.3, -0.25) is 4.79 Å². The van der Waals surface area contributed by atoms with Crippen LogP contribution in [0.15, 0.2) is 60.7 Å². The van der Waals surface area contributed by atoms with Gasteiger partial charge in [0, 0.05) is 11.1 Å². The van der Waals surface area contributed by atoms with E-state index >= 15 is 0 Å². The molecule has 0 aromatic heterocycles. The Morgan fingerprint density at radius 2 is 0.889 bits per heavy atom. The number of carbonyl (C=O) groups excluding carboxylic acids is 3. The average molecular weight is 376 g/mol. The second kappa shape index (κ2) is 10.6. The van der Waals surface area contributed by atoms with E-state index < -0.39 is 24.6 Å². The summed E-state index contributed by atoms with van der Waals surface area (Å²) in [4.78, 5) is 51.3. The zero-order valence-corrected chi connectivity index (χ0v) is 13.4. The second-order valence-corrected chi connectivity index (χ2v) is 4.40. The predicted octanol–water partition coefficient (Wildman–Crippen LogP) is 3.55. The Kier molecular flexibility index (Phi) is 8.19. The van der Waals surface area contributed by atoms with Gasteiger partial charge in [-0.2, -0.15) is 0 Å². The molecule has 0 aliphatic carbocycles. The van der Waals surface area contributed by atoms with Crippen LogP contribution in [0.25, 0.3) is 0 Å². The molecule has 2 rings (SSSR count). The molecule has 0 atom stereocenters. The molecule has 0 saturated carbocycles. The summed E-state index contributed by atoms with van der Waals surface area (Å²) >= 11 is 0. The first-order valence-electron chi connectivity index (χ1n) is 7.01. The molecule has 0 aliphatic rings. The summed E-state index contributed by atoms with van der Waals surface area (Å²) < 4.78 is 9.92. The van der Waals surface area contributed by atoms with Crippen LogP contribution < -0.4 is 0 Å². The van der Waals surface area contributed by atoms with Gasteiger partial charge in [0.15, 0.2) is 5.78 Å². The first-order chi connectivity index (χ1) is 12.8. The van der Waals surface area contributed by atoms with Crippen LogP contribution in [0, 0.1) is 0 Å². The molecule has 0 radical (unpaired) electrons. The highest BCUT2D eigenvalue weighted by Gasteiger charge is 2.18. The molecular weight excluding hydrogens is 364 g/mol. The molecule has 0 amide bonds. The van der Waals surface area contributed by atoms with E-state index in [1.54, 1.807) is 0 Å². The smallest absolute Gasteiger partial charge is 0.449 e. The van der Waals surface area contributed by atoms with E-state index in [0.717, 1.165) is 11.1 Å². The third kappa shape index (κ3) is 8.44. The van der Waals surface area contributed by atoms with Crippen molar-refractivity contribution in [1.29, 1.82) is 0 Å². The van der Waals surface area contributed by atoms with Crippen molar-refractivity contribution in [2.24, 2.45) is 0 Å². The quantitative estimate of drug-likeness (QED) is 0.452. The van der Waals surface area contributed by atoms with Gasteiger partial charge >= 0.3 is 24.6 Å². The Labute approximate surface area is 151 Å². The maximum absolute atomic E-state index is 11.8. The molecule has 0 spiro atoms. The molecule has 0 aliphatic heterocycles. The summed E-state index contributed by atoms with van der Waals surface area (Å²) in [5.41, 5.74) is 1.47. The molecule has 0 bridgehead atoms. The Hall–Kier alpha value is -4.21. The molecule has 2 aromatic carbocycles. The van der Waals surface area contributed by atoms with Gasteiger partial charge in [0.1, 0.15) is 0 Å². The minimum Gasteiger partial charge on any atom is -0.449 e. The van der Waals surface area contributed by atoms with Crippen LogP contribution in [0.1, 0.15) is 15.9 Å². The lowest BCUT2D eigenvalue weighted by Gasteiger charge is -1.99. The zero-order chi connectivity index (χ0) is 20.2. The van der Waals surface area contributed by atoms with Crippen LogP contribution in [-0.4, -0.2) is 40.6 Å². The van der Waals surface area contributed by atoms with Gasteiger partial charge in [0.25, 0.3) is 0 Å². The van der Waals surface area contributed by atoms with Crippen molar-refractivity contribution in [1.82, 2.24) is 0 Å². The molecule has 27 heavy (non-hydrogen) atoms. The van der Waals surface area contributed by atoms with Gasteiger partial charge in [0.05, 0.1) is 0 Å². The van der Waals surface area contributed by atoms with E-state index in [9.17, 15) is 24.0 Å². The number of hydrogen-bond donors (Lipinski definition) is 2. The molecule has 140 valence electrons.